The molecule has 4 heteroatoms. The minimum Gasteiger partial charge on any atom is -0.389 e. The third-order valence-corrected chi connectivity index (χ3v) is 1.00. The van der Waals surface area contributed by atoms with Crippen LogP contribution in [-0.4, -0.2) is 22.2 Å². The molecule has 0 aromatic rings. The van der Waals surface area contributed by atoms with E-state index in [1.54, 1.807) is 6.92 Å². The minimum atomic E-state index is -0.713. The molecule has 4 nitrogen and oxygen atoms in total. The fraction of sp³-hybridized carbons (Fsp3) is 0.667. The Bertz CT molecular complexity index is 142. The Morgan fingerprint density at radius 2 is 2.00 bits per heavy atom. The van der Waals surface area contributed by atoms with Crippen molar-refractivity contribution in [3.63, 3.8) is 0 Å². The summed E-state index contributed by atoms with van der Waals surface area (Å²) in [4.78, 5) is 9.57. The van der Waals surface area contributed by atoms with Gasteiger partial charge in [0.1, 0.15) is 0 Å². The van der Waals surface area contributed by atoms with Crippen LogP contribution in [0.15, 0.2) is 12.2 Å². The van der Waals surface area contributed by atoms with Gasteiger partial charge in [-0.2, -0.15) is 0 Å². The lowest BCUT2D eigenvalue weighted by Crippen LogP contribution is -2.11. The Morgan fingerprint density at radius 1 is 1.50 bits per heavy atom. The molecule has 1 N–H and O–H groups in total. The van der Waals surface area contributed by atoms with Crippen molar-refractivity contribution in [2.75, 3.05) is 0 Å². The Hall–Kier alpha value is -0.900. The SMILES string of the molecule is C[C@H](/C=C/[C@@H](C)O)[N+](=O)[O-]. The maximum absolute atomic E-state index is 9.98. The lowest BCUT2D eigenvalue weighted by molar-refractivity contribution is -0.504. The van der Waals surface area contributed by atoms with E-state index in [9.17, 15) is 10.1 Å². The van der Waals surface area contributed by atoms with Crippen LogP contribution in [0.5, 0.6) is 0 Å². The molecule has 0 unspecified atom stereocenters. The van der Waals surface area contributed by atoms with E-state index in [-0.39, 0.29) is 0 Å². The molecule has 0 fully saturated rings. The van der Waals surface area contributed by atoms with E-state index in [0.717, 1.165) is 0 Å². The topological polar surface area (TPSA) is 63.4 Å². The van der Waals surface area contributed by atoms with Crippen LogP contribution in [0, 0.1) is 10.1 Å². The summed E-state index contributed by atoms with van der Waals surface area (Å²) in [6.45, 7) is 3.00. The molecule has 10 heavy (non-hydrogen) atoms. The average Bonchev–Trinajstić information content (AvgIpc) is 1.82. The van der Waals surface area contributed by atoms with Crippen molar-refractivity contribution >= 4 is 0 Å². The highest BCUT2D eigenvalue weighted by molar-refractivity contribution is 4.90. The Labute approximate surface area is 59.3 Å². The maximum Gasteiger partial charge on any atom is 0.228 e. The summed E-state index contributed by atoms with van der Waals surface area (Å²) in [5.74, 6) is 0. The number of nitro groups is 1. The smallest absolute Gasteiger partial charge is 0.228 e. The Morgan fingerprint density at radius 3 is 2.30 bits per heavy atom. The van der Waals surface area contributed by atoms with E-state index in [1.165, 1.54) is 19.1 Å². The molecule has 0 aliphatic heterocycles. The molecule has 0 aliphatic carbocycles. The zero-order valence-corrected chi connectivity index (χ0v) is 6.02. The van der Waals surface area contributed by atoms with Gasteiger partial charge in [0, 0.05) is 11.8 Å². The summed E-state index contributed by atoms with van der Waals surface area (Å²) >= 11 is 0. The maximum atomic E-state index is 9.98. The number of aliphatic hydroxyl groups is 1. The molecule has 0 radical (unpaired) electrons. The van der Waals surface area contributed by atoms with E-state index in [2.05, 4.69) is 0 Å². The van der Waals surface area contributed by atoms with Crippen molar-refractivity contribution in [1.29, 1.82) is 0 Å². The molecule has 0 aliphatic rings. The highest BCUT2D eigenvalue weighted by Crippen LogP contribution is 1.92. The molecular formula is C6H11NO3. The van der Waals surface area contributed by atoms with Crippen molar-refractivity contribution in [3.8, 4) is 0 Å². The van der Waals surface area contributed by atoms with Crippen molar-refractivity contribution in [1.82, 2.24) is 0 Å². The second-order valence-corrected chi connectivity index (χ2v) is 2.15. The zero-order chi connectivity index (χ0) is 8.15. The zero-order valence-electron chi connectivity index (χ0n) is 6.02. The molecule has 0 saturated carbocycles. The van der Waals surface area contributed by atoms with Crippen LogP contribution < -0.4 is 0 Å². The van der Waals surface area contributed by atoms with Crippen molar-refractivity contribution < 1.29 is 10.0 Å². The van der Waals surface area contributed by atoms with Crippen LogP contribution in [-0.2, 0) is 0 Å². The number of rotatable bonds is 3. The summed E-state index contributed by atoms with van der Waals surface area (Å²) in [6.07, 6.45) is 2.15. The average molecular weight is 145 g/mol. The van der Waals surface area contributed by atoms with Gasteiger partial charge in [-0.3, -0.25) is 10.1 Å². The Balaban J connectivity index is 3.77. The quantitative estimate of drug-likeness (QED) is 0.359. The van der Waals surface area contributed by atoms with E-state index >= 15 is 0 Å². The number of hydrogen-bond donors (Lipinski definition) is 1. The third-order valence-electron chi connectivity index (χ3n) is 1.00. The van der Waals surface area contributed by atoms with Gasteiger partial charge in [-0.1, -0.05) is 6.08 Å². The van der Waals surface area contributed by atoms with E-state index in [4.69, 9.17) is 5.11 Å². The van der Waals surface area contributed by atoms with Gasteiger partial charge in [0.15, 0.2) is 0 Å². The van der Waals surface area contributed by atoms with Gasteiger partial charge in [-0.05, 0) is 13.0 Å². The molecule has 0 saturated heterocycles. The highest BCUT2D eigenvalue weighted by Gasteiger charge is 2.06. The molecule has 0 spiro atoms. The summed E-state index contributed by atoms with van der Waals surface area (Å²) < 4.78 is 0. The lowest BCUT2D eigenvalue weighted by Gasteiger charge is -1.96. The summed E-state index contributed by atoms with van der Waals surface area (Å²) in [7, 11) is 0. The molecule has 0 heterocycles. The molecule has 0 amide bonds. The van der Waals surface area contributed by atoms with Crippen LogP contribution in [0.2, 0.25) is 0 Å². The number of aliphatic hydroxyl groups excluding tert-OH is 1. The summed E-state index contributed by atoms with van der Waals surface area (Å²) in [5.41, 5.74) is 0. The first kappa shape index (κ1) is 9.10. The van der Waals surface area contributed by atoms with Gasteiger partial charge in [-0.25, -0.2) is 0 Å². The number of hydrogen-bond acceptors (Lipinski definition) is 3. The van der Waals surface area contributed by atoms with Crippen molar-refractivity contribution in [2.45, 2.75) is 26.0 Å². The Kier molecular flexibility index (Phi) is 3.64. The van der Waals surface area contributed by atoms with E-state index < -0.39 is 17.1 Å². The van der Waals surface area contributed by atoms with Crippen LogP contribution in [0.3, 0.4) is 0 Å². The molecular weight excluding hydrogens is 134 g/mol. The fourth-order valence-electron chi connectivity index (χ4n) is 0.392. The molecule has 0 bridgehead atoms. The van der Waals surface area contributed by atoms with E-state index in [1.807, 2.05) is 0 Å². The van der Waals surface area contributed by atoms with Crippen LogP contribution in [0.4, 0.5) is 0 Å². The third kappa shape index (κ3) is 4.03. The second-order valence-electron chi connectivity index (χ2n) is 2.15. The first-order chi connectivity index (χ1) is 4.54. The minimum absolute atomic E-state index is 0.418. The molecule has 0 aromatic heterocycles. The molecule has 0 aromatic carbocycles. The predicted octanol–water partition coefficient (Wildman–Crippen LogP) is 0.589. The number of nitrogens with zero attached hydrogens (tertiary/aromatic N) is 1. The van der Waals surface area contributed by atoms with Gasteiger partial charge in [-0.15, -0.1) is 0 Å². The first-order valence-corrected chi connectivity index (χ1v) is 3.04. The van der Waals surface area contributed by atoms with Crippen molar-refractivity contribution in [2.24, 2.45) is 0 Å². The van der Waals surface area contributed by atoms with E-state index in [0.29, 0.717) is 0 Å². The molecule has 2 atom stereocenters. The standard InChI is InChI=1S/C6H11NO3/c1-5(7(9)10)3-4-6(2)8/h3-6,8H,1-2H3/b4-3+/t5-,6-/m1/s1. The summed E-state index contributed by atoms with van der Waals surface area (Å²) in [6, 6.07) is -0.713. The molecule has 58 valence electrons. The largest absolute Gasteiger partial charge is 0.389 e. The summed E-state index contributed by atoms with van der Waals surface area (Å²) in [5, 5.41) is 18.7. The predicted molar refractivity (Wildman–Crippen MR) is 37.3 cm³/mol. The van der Waals surface area contributed by atoms with Crippen LogP contribution in [0.25, 0.3) is 0 Å². The first-order valence-electron chi connectivity index (χ1n) is 3.04. The fourth-order valence-corrected chi connectivity index (χ4v) is 0.392. The molecule has 0 rings (SSSR count). The van der Waals surface area contributed by atoms with Crippen LogP contribution >= 0.6 is 0 Å². The second kappa shape index (κ2) is 4.00. The highest BCUT2D eigenvalue weighted by atomic mass is 16.6. The van der Waals surface area contributed by atoms with Crippen LogP contribution in [0.1, 0.15) is 13.8 Å². The van der Waals surface area contributed by atoms with Gasteiger partial charge >= 0.3 is 0 Å². The van der Waals surface area contributed by atoms with Gasteiger partial charge in [0.05, 0.1) is 6.10 Å². The normalized spacial score (nSPS) is 17.1. The van der Waals surface area contributed by atoms with Gasteiger partial charge in [0.25, 0.3) is 0 Å². The van der Waals surface area contributed by atoms with Gasteiger partial charge in [0.2, 0.25) is 6.04 Å². The monoisotopic (exact) mass is 145 g/mol. The lowest BCUT2D eigenvalue weighted by atomic mass is 10.3. The van der Waals surface area contributed by atoms with Gasteiger partial charge < -0.3 is 5.11 Å². The van der Waals surface area contributed by atoms with Crippen molar-refractivity contribution in [3.05, 3.63) is 22.3 Å².